The van der Waals surface area contributed by atoms with E-state index in [1.54, 1.807) is 7.11 Å². The van der Waals surface area contributed by atoms with Crippen molar-refractivity contribution in [2.45, 2.75) is 33.1 Å². The Morgan fingerprint density at radius 2 is 2.06 bits per heavy atom. The molecule has 1 aromatic carbocycles. The Morgan fingerprint density at radius 1 is 1.44 bits per heavy atom. The molecule has 0 aromatic heterocycles. The minimum atomic E-state index is 0.373. The van der Waals surface area contributed by atoms with E-state index in [4.69, 9.17) is 22.1 Å². The molecule has 0 saturated heterocycles. The van der Waals surface area contributed by atoms with E-state index in [0.717, 1.165) is 12.2 Å². The average Bonchev–Trinajstić information content (AvgIpc) is 2.23. The van der Waals surface area contributed by atoms with E-state index >= 15 is 0 Å². The molecule has 0 bridgehead atoms. The van der Waals surface area contributed by atoms with E-state index in [1.807, 2.05) is 6.07 Å². The zero-order valence-corrected chi connectivity index (χ0v) is 11.2. The molecular weight excluding hydrogens is 222 g/mol. The zero-order valence-electron chi connectivity index (χ0n) is 10.4. The average molecular weight is 242 g/mol. The molecule has 0 radical (unpaired) electrons. The molecule has 0 heterocycles. The number of rotatable bonds is 4. The van der Waals surface area contributed by atoms with Gasteiger partial charge in [0.15, 0.2) is 0 Å². The lowest BCUT2D eigenvalue weighted by molar-refractivity contribution is 0.405. The van der Waals surface area contributed by atoms with Crippen LogP contribution in [0.25, 0.3) is 0 Å². The van der Waals surface area contributed by atoms with Gasteiger partial charge in [0, 0.05) is 5.56 Å². The summed E-state index contributed by atoms with van der Waals surface area (Å²) in [4.78, 5) is 0. The Balaban J connectivity index is 3.32. The van der Waals surface area contributed by atoms with Crippen molar-refractivity contribution in [2.24, 2.45) is 5.73 Å². The Kier molecular flexibility index (Phi) is 4.63. The second-order valence-corrected chi connectivity index (χ2v) is 4.63. The standard InChI is InChI=1S/C13H20ClNO/c1-8(5-6-15)12-10(3)9(2)7-11(14)13(12)16-4/h7-8H,5-6,15H2,1-4H3. The van der Waals surface area contributed by atoms with Gasteiger partial charge in [-0.05, 0) is 49.9 Å². The maximum absolute atomic E-state index is 6.19. The summed E-state index contributed by atoms with van der Waals surface area (Å²) in [5.41, 5.74) is 9.25. The summed E-state index contributed by atoms with van der Waals surface area (Å²) in [6.07, 6.45) is 0.941. The van der Waals surface area contributed by atoms with Crippen molar-refractivity contribution in [3.8, 4) is 5.75 Å². The van der Waals surface area contributed by atoms with E-state index in [1.165, 1.54) is 16.7 Å². The number of hydrogen-bond donors (Lipinski definition) is 1. The van der Waals surface area contributed by atoms with Gasteiger partial charge in [-0.2, -0.15) is 0 Å². The van der Waals surface area contributed by atoms with Crippen LogP contribution in [0.5, 0.6) is 5.75 Å². The Bertz CT molecular complexity index is 377. The summed E-state index contributed by atoms with van der Waals surface area (Å²) in [7, 11) is 1.66. The van der Waals surface area contributed by atoms with Crippen LogP contribution in [0.2, 0.25) is 5.02 Å². The number of methoxy groups -OCH3 is 1. The fraction of sp³-hybridized carbons (Fsp3) is 0.538. The van der Waals surface area contributed by atoms with Crippen LogP contribution in [0.3, 0.4) is 0 Å². The van der Waals surface area contributed by atoms with Crippen LogP contribution in [-0.4, -0.2) is 13.7 Å². The highest BCUT2D eigenvalue weighted by Gasteiger charge is 2.18. The van der Waals surface area contributed by atoms with Gasteiger partial charge in [0.2, 0.25) is 0 Å². The molecule has 2 N–H and O–H groups in total. The van der Waals surface area contributed by atoms with E-state index in [2.05, 4.69) is 20.8 Å². The molecular formula is C13H20ClNO. The van der Waals surface area contributed by atoms with Crippen molar-refractivity contribution in [1.29, 1.82) is 0 Å². The Hall–Kier alpha value is -0.730. The van der Waals surface area contributed by atoms with Crippen LogP contribution < -0.4 is 10.5 Å². The van der Waals surface area contributed by atoms with Crippen molar-refractivity contribution < 1.29 is 4.74 Å². The molecule has 1 rings (SSSR count). The summed E-state index contributed by atoms with van der Waals surface area (Å²) in [6.45, 7) is 7.01. The Labute approximate surface area is 103 Å². The molecule has 0 saturated carbocycles. The van der Waals surface area contributed by atoms with Gasteiger partial charge in [-0.25, -0.2) is 0 Å². The SMILES string of the molecule is COc1c(Cl)cc(C)c(C)c1C(C)CCN. The van der Waals surface area contributed by atoms with Gasteiger partial charge in [-0.15, -0.1) is 0 Å². The maximum Gasteiger partial charge on any atom is 0.141 e. The van der Waals surface area contributed by atoms with Crippen molar-refractivity contribution in [3.63, 3.8) is 0 Å². The smallest absolute Gasteiger partial charge is 0.141 e. The molecule has 0 aliphatic heterocycles. The second kappa shape index (κ2) is 5.55. The number of benzene rings is 1. The fourth-order valence-electron chi connectivity index (χ4n) is 2.07. The van der Waals surface area contributed by atoms with Gasteiger partial charge >= 0.3 is 0 Å². The van der Waals surface area contributed by atoms with Crippen LogP contribution in [-0.2, 0) is 0 Å². The van der Waals surface area contributed by atoms with Crippen LogP contribution >= 0.6 is 11.6 Å². The fourth-order valence-corrected chi connectivity index (χ4v) is 2.41. The third kappa shape index (κ3) is 2.50. The number of hydrogen-bond acceptors (Lipinski definition) is 2. The molecule has 0 amide bonds. The molecule has 1 atom stereocenters. The van der Waals surface area contributed by atoms with Crippen molar-refractivity contribution in [1.82, 2.24) is 0 Å². The summed E-state index contributed by atoms with van der Waals surface area (Å²) < 4.78 is 5.41. The van der Waals surface area contributed by atoms with E-state index < -0.39 is 0 Å². The summed E-state index contributed by atoms with van der Waals surface area (Å²) in [6, 6.07) is 1.95. The van der Waals surface area contributed by atoms with Gasteiger partial charge in [-0.3, -0.25) is 0 Å². The number of ether oxygens (including phenoxy) is 1. The predicted molar refractivity (Wildman–Crippen MR) is 69.6 cm³/mol. The van der Waals surface area contributed by atoms with Crippen molar-refractivity contribution in [3.05, 3.63) is 27.8 Å². The number of nitrogens with two attached hydrogens (primary N) is 1. The van der Waals surface area contributed by atoms with Crippen molar-refractivity contribution in [2.75, 3.05) is 13.7 Å². The van der Waals surface area contributed by atoms with Gasteiger partial charge in [0.05, 0.1) is 12.1 Å². The molecule has 90 valence electrons. The highest BCUT2D eigenvalue weighted by atomic mass is 35.5. The lowest BCUT2D eigenvalue weighted by Gasteiger charge is -2.20. The minimum absolute atomic E-state index is 0.373. The van der Waals surface area contributed by atoms with E-state index in [0.29, 0.717) is 17.5 Å². The van der Waals surface area contributed by atoms with E-state index in [9.17, 15) is 0 Å². The van der Waals surface area contributed by atoms with Gasteiger partial charge in [0.1, 0.15) is 5.75 Å². The summed E-state index contributed by atoms with van der Waals surface area (Å²) >= 11 is 6.19. The minimum Gasteiger partial charge on any atom is -0.495 e. The zero-order chi connectivity index (χ0) is 12.3. The third-order valence-electron chi connectivity index (χ3n) is 3.10. The molecule has 1 aromatic rings. The summed E-state index contributed by atoms with van der Waals surface area (Å²) in [5.74, 6) is 1.17. The molecule has 16 heavy (non-hydrogen) atoms. The Morgan fingerprint density at radius 3 is 2.56 bits per heavy atom. The predicted octanol–water partition coefficient (Wildman–Crippen LogP) is 3.42. The quantitative estimate of drug-likeness (QED) is 0.877. The molecule has 0 aliphatic carbocycles. The van der Waals surface area contributed by atoms with Gasteiger partial charge < -0.3 is 10.5 Å². The lowest BCUT2D eigenvalue weighted by Crippen LogP contribution is -2.08. The first-order valence-corrected chi connectivity index (χ1v) is 5.94. The number of halogens is 1. The third-order valence-corrected chi connectivity index (χ3v) is 3.38. The maximum atomic E-state index is 6.19. The molecule has 0 aliphatic rings. The first kappa shape index (κ1) is 13.3. The second-order valence-electron chi connectivity index (χ2n) is 4.23. The van der Waals surface area contributed by atoms with Crippen LogP contribution in [0.1, 0.15) is 36.0 Å². The highest BCUT2D eigenvalue weighted by Crippen LogP contribution is 2.38. The topological polar surface area (TPSA) is 35.2 Å². The largest absolute Gasteiger partial charge is 0.495 e. The first-order valence-electron chi connectivity index (χ1n) is 5.56. The highest BCUT2D eigenvalue weighted by molar-refractivity contribution is 6.32. The number of aryl methyl sites for hydroxylation is 1. The normalized spacial score (nSPS) is 12.6. The monoisotopic (exact) mass is 241 g/mol. The molecule has 2 nitrogen and oxygen atoms in total. The van der Waals surface area contributed by atoms with Crippen LogP contribution in [0, 0.1) is 13.8 Å². The molecule has 3 heteroatoms. The van der Waals surface area contributed by atoms with Crippen molar-refractivity contribution >= 4 is 11.6 Å². The molecule has 1 unspecified atom stereocenters. The molecule has 0 fully saturated rings. The molecule has 0 spiro atoms. The van der Waals surface area contributed by atoms with Crippen LogP contribution in [0.15, 0.2) is 6.07 Å². The lowest BCUT2D eigenvalue weighted by atomic mass is 9.90. The van der Waals surface area contributed by atoms with E-state index in [-0.39, 0.29) is 0 Å². The summed E-state index contributed by atoms with van der Waals surface area (Å²) in [5, 5.41) is 0.685. The van der Waals surface area contributed by atoms with Crippen LogP contribution in [0.4, 0.5) is 0 Å². The first-order chi connectivity index (χ1) is 7.52. The van der Waals surface area contributed by atoms with Gasteiger partial charge in [0.25, 0.3) is 0 Å². The van der Waals surface area contributed by atoms with Gasteiger partial charge in [-0.1, -0.05) is 18.5 Å².